The Labute approximate surface area is 156 Å². The Morgan fingerprint density at radius 3 is 2.77 bits per heavy atom. The van der Waals surface area contributed by atoms with Crippen LogP contribution >= 0.6 is 11.6 Å². The number of carbonyl (C=O) groups excluding carboxylic acids is 2. The first kappa shape index (κ1) is 18.0. The second-order valence-corrected chi connectivity index (χ2v) is 6.39. The zero-order valence-electron chi connectivity index (χ0n) is 14.4. The molecule has 5 nitrogen and oxygen atoms in total. The van der Waals surface area contributed by atoms with Gasteiger partial charge in [0.1, 0.15) is 0 Å². The lowest BCUT2D eigenvalue weighted by Gasteiger charge is -2.11. The van der Waals surface area contributed by atoms with Gasteiger partial charge < -0.3 is 15.6 Å². The quantitative estimate of drug-likeness (QED) is 0.610. The topological polar surface area (TPSA) is 74.0 Å². The van der Waals surface area contributed by atoms with Crippen LogP contribution in [0.2, 0.25) is 5.02 Å². The fraction of sp³-hybridized carbons (Fsp3) is 0.200. The Hall–Kier alpha value is -2.79. The molecule has 0 unspecified atom stereocenters. The Balaban J connectivity index is 1.66. The van der Waals surface area contributed by atoms with Gasteiger partial charge >= 0.3 is 0 Å². The highest BCUT2D eigenvalue weighted by Gasteiger charge is 2.12. The number of para-hydroxylation sites is 1. The van der Waals surface area contributed by atoms with Gasteiger partial charge in [-0.15, -0.1) is 0 Å². The van der Waals surface area contributed by atoms with Gasteiger partial charge in [-0.3, -0.25) is 9.59 Å². The number of amides is 2. The zero-order chi connectivity index (χ0) is 18.5. The Morgan fingerprint density at radius 2 is 1.96 bits per heavy atom. The van der Waals surface area contributed by atoms with E-state index in [9.17, 15) is 9.59 Å². The van der Waals surface area contributed by atoms with E-state index in [1.807, 2.05) is 24.4 Å². The van der Waals surface area contributed by atoms with Crippen LogP contribution in [0.25, 0.3) is 10.9 Å². The van der Waals surface area contributed by atoms with Crippen molar-refractivity contribution < 1.29 is 9.59 Å². The van der Waals surface area contributed by atoms with Crippen molar-refractivity contribution in [3.63, 3.8) is 0 Å². The number of carbonyl (C=O) groups is 2. The summed E-state index contributed by atoms with van der Waals surface area (Å²) in [6.45, 7) is 2.25. The lowest BCUT2D eigenvalue weighted by molar-refractivity contribution is -0.115. The van der Waals surface area contributed by atoms with E-state index in [-0.39, 0.29) is 11.8 Å². The van der Waals surface area contributed by atoms with Crippen molar-refractivity contribution in [2.75, 3.05) is 11.9 Å². The minimum absolute atomic E-state index is 0.124. The standard InChI is InChI=1S/C20H20ClN3O2/c1-2-19(25)24-18-6-4-3-5-15(18)20(26)22-10-9-13-12-23-17-8-7-14(21)11-16(13)17/h3-8,11-12,23H,2,9-10H2,1H3,(H,22,26)(H,24,25). The molecule has 0 spiro atoms. The van der Waals surface area contributed by atoms with E-state index >= 15 is 0 Å². The molecule has 0 saturated heterocycles. The molecule has 1 aromatic heterocycles. The molecule has 1 heterocycles. The van der Waals surface area contributed by atoms with Crippen LogP contribution < -0.4 is 10.6 Å². The number of benzene rings is 2. The average molecular weight is 370 g/mol. The first-order valence-electron chi connectivity index (χ1n) is 8.51. The molecule has 0 bridgehead atoms. The number of anilines is 1. The van der Waals surface area contributed by atoms with Gasteiger partial charge in [-0.2, -0.15) is 0 Å². The van der Waals surface area contributed by atoms with Gasteiger partial charge in [-0.05, 0) is 42.3 Å². The number of nitrogens with one attached hydrogen (secondary N) is 3. The van der Waals surface area contributed by atoms with E-state index in [1.54, 1.807) is 31.2 Å². The van der Waals surface area contributed by atoms with Gasteiger partial charge in [0.25, 0.3) is 5.91 Å². The van der Waals surface area contributed by atoms with E-state index in [2.05, 4.69) is 15.6 Å². The summed E-state index contributed by atoms with van der Waals surface area (Å²) in [5.41, 5.74) is 3.09. The number of aromatic amines is 1. The summed E-state index contributed by atoms with van der Waals surface area (Å²) in [6.07, 6.45) is 2.97. The lowest BCUT2D eigenvalue weighted by Crippen LogP contribution is -2.27. The van der Waals surface area contributed by atoms with Crippen molar-refractivity contribution >= 4 is 40.0 Å². The summed E-state index contributed by atoms with van der Waals surface area (Å²) < 4.78 is 0. The predicted molar refractivity (Wildman–Crippen MR) is 105 cm³/mol. The highest BCUT2D eigenvalue weighted by Crippen LogP contribution is 2.22. The highest BCUT2D eigenvalue weighted by molar-refractivity contribution is 6.31. The third kappa shape index (κ3) is 4.06. The van der Waals surface area contributed by atoms with Crippen molar-refractivity contribution in [3.05, 3.63) is 64.8 Å². The number of hydrogen-bond donors (Lipinski definition) is 3. The number of fused-ring (bicyclic) bond motifs is 1. The van der Waals surface area contributed by atoms with E-state index in [1.165, 1.54) is 0 Å². The molecule has 0 fully saturated rings. The molecule has 0 aliphatic rings. The number of H-pyrrole nitrogens is 1. The van der Waals surface area contributed by atoms with E-state index in [0.29, 0.717) is 35.7 Å². The van der Waals surface area contributed by atoms with Gasteiger partial charge in [0.15, 0.2) is 0 Å². The SMILES string of the molecule is CCC(=O)Nc1ccccc1C(=O)NCCc1c[nH]c2ccc(Cl)cc12. The Bertz CT molecular complexity index is 949. The van der Waals surface area contributed by atoms with Crippen molar-refractivity contribution in [2.24, 2.45) is 0 Å². The van der Waals surface area contributed by atoms with Crippen molar-refractivity contribution in [2.45, 2.75) is 19.8 Å². The molecular weight excluding hydrogens is 350 g/mol. The smallest absolute Gasteiger partial charge is 0.253 e. The molecule has 0 saturated carbocycles. The fourth-order valence-electron chi connectivity index (χ4n) is 2.79. The largest absolute Gasteiger partial charge is 0.361 e. The molecule has 2 aromatic carbocycles. The van der Waals surface area contributed by atoms with E-state index in [0.717, 1.165) is 16.5 Å². The van der Waals surface area contributed by atoms with Gasteiger partial charge in [-0.25, -0.2) is 0 Å². The third-order valence-corrected chi connectivity index (χ3v) is 4.41. The predicted octanol–water partition coefficient (Wildman–Crippen LogP) is 4.14. The molecule has 26 heavy (non-hydrogen) atoms. The van der Waals surface area contributed by atoms with E-state index in [4.69, 9.17) is 11.6 Å². The van der Waals surface area contributed by atoms with Crippen LogP contribution in [0, 0.1) is 0 Å². The number of rotatable bonds is 6. The van der Waals surface area contributed by atoms with Crippen molar-refractivity contribution in [1.29, 1.82) is 0 Å². The molecule has 0 aliphatic heterocycles. The number of halogens is 1. The first-order chi connectivity index (χ1) is 12.6. The second kappa shape index (κ2) is 8.06. The van der Waals surface area contributed by atoms with Gasteiger partial charge in [0.05, 0.1) is 11.3 Å². The summed E-state index contributed by atoms with van der Waals surface area (Å²) in [5, 5.41) is 7.41. The second-order valence-electron chi connectivity index (χ2n) is 5.96. The van der Waals surface area contributed by atoms with Crippen LogP contribution in [-0.2, 0) is 11.2 Å². The first-order valence-corrected chi connectivity index (χ1v) is 8.89. The van der Waals surface area contributed by atoms with Gasteiger partial charge in [-0.1, -0.05) is 30.7 Å². The molecule has 3 rings (SSSR count). The van der Waals surface area contributed by atoms with Crippen LogP contribution in [0.15, 0.2) is 48.7 Å². The summed E-state index contributed by atoms with van der Waals surface area (Å²) in [7, 11) is 0. The Kier molecular flexibility index (Phi) is 5.58. The number of aromatic nitrogens is 1. The van der Waals surface area contributed by atoms with Crippen LogP contribution in [-0.4, -0.2) is 23.3 Å². The molecule has 2 amide bonds. The summed E-state index contributed by atoms with van der Waals surface area (Å²) in [6, 6.07) is 12.7. The van der Waals surface area contributed by atoms with Crippen LogP contribution in [0.1, 0.15) is 29.3 Å². The maximum atomic E-state index is 12.5. The normalized spacial score (nSPS) is 10.7. The highest BCUT2D eigenvalue weighted by atomic mass is 35.5. The number of hydrogen-bond acceptors (Lipinski definition) is 2. The van der Waals surface area contributed by atoms with Crippen LogP contribution in [0.5, 0.6) is 0 Å². The van der Waals surface area contributed by atoms with Gasteiger partial charge in [0, 0.05) is 35.1 Å². The molecule has 0 radical (unpaired) electrons. The third-order valence-electron chi connectivity index (χ3n) is 4.18. The summed E-state index contributed by atoms with van der Waals surface area (Å²) >= 11 is 6.06. The lowest BCUT2D eigenvalue weighted by atomic mass is 10.1. The minimum Gasteiger partial charge on any atom is -0.361 e. The van der Waals surface area contributed by atoms with Crippen molar-refractivity contribution in [3.8, 4) is 0 Å². The summed E-state index contributed by atoms with van der Waals surface area (Å²) in [4.78, 5) is 27.3. The van der Waals surface area contributed by atoms with Crippen LogP contribution in [0.4, 0.5) is 5.69 Å². The minimum atomic E-state index is -0.213. The molecule has 0 atom stereocenters. The fourth-order valence-corrected chi connectivity index (χ4v) is 2.96. The average Bonchev–Trinajstić information content (AvgIpc) is 3.04. The van der Waals surface area contributed by atoms with Gasteiger partial charge in [0.2, 0.25) is 5.91 Å². The summed E-state index contributed by atoms with van der Waals surface area (Å²) in [5.74, 6) is -0.337. The molecular formula is C20H20ClN3O2. The monoisotopic (exact) mass is 369 g/mol. The maximum Gasteiger partial charge on any atom is 0.253 e. The Morgan fingerprint density at radius 1 is 1.15 bits per heavy atom. The molecule has 3 N–H and O–H groups in total. The molecule has 6 heteroatoms. The van der Waals surface area contributed by atoms with Crippen molar-refractivity contribution in [1.82, 2.24) is 10.3 Å². The molecule has 134 valence electrons. The zero-order valence-corrected chi connectivity index (χ0v) is 15.2. The van der Waals surface area contributed by atoms with E-state index < -0.39 is 0 Å². The van der Waals surface area contributed by atoms with Crippen LogP contribution in [0.3, 0.4) is 0 Å². The molecule has 3 aromatic rings. The maximum absolute atomic E-state index is 12.5. The molecule has 0 aliphatic carbocycles.